The number of methoxy groups -OCH3 is 1. The summed E-state index contributed by atoms with van der Waals surface area (Å²) in [6, 6.07) is 3.45. The average Bonchev–Trinajstić information content (AvgIpc) is 3.44. The first-order valence-corrected chi connectivity index (χ1v) is 10.9. The fourth-order valence-corrected chi connectivity index (χ4v) is 4.04. The highest BCUT2D eigenvalue weighted by Gasteiger charge is 2.20. The van der Waals surface area contributed by atoms with Crippen molar-refractivity contribution in [2.75, 3.05) is 32.1 Å². The van der Waals surface area contributed by atoms with Gasteiger partial charge in [-0.25, -0.2) is 4.98 Å². The maximum Gasteiger partial charge on any atom is 0.295 e. The summed E-state index contributed by atoms with van der Waals surface area (Å²) < 4.78 is 11.1. The number of nitrogens with zero attached hydrogens (tertiary/aromatic N) is 4. The third-order valence-corrected chi connectivity index (χ3v) is 5.82. The molecule has 4 rings (SSSR count). The molecule has 0 spiro atoms. The smallest absolute Gasteiger partial charge is 0.295 e. The summed E-state index contributed by atoms with van der Waals surface area (Å²) in [7, 11) is 1.53. The van der Waals surface area contributed by atoms with E-state index in [1.807, 2.05) is 6.92 Å². The number of hydrogen-bond donors (Lipinski definition) is 2. The lowest BCUT2D eigenvalue weighted by Gasteiger charge is -2.13. The van der Waals surface area contributed by atoms with Gasteiger partial charge in [0.25, 0.3) is 11.1 Å². The number of hydrogen-bond acceptors (Lipinski definition) is 9. The van der Waals surface area contributed by atoms with Crippen LogP contribution in [-0.2, 0) is 0 Å². The molecule has 3 aromatic heterocycles. The highest BCUT2D eigenvalue weighted by Crippen LogP contribution is 2.34. The fraction of sp³-hybridized carbons (Fsp3) is 0.350. The van der Waals surface area contributed by atoms with Crippen LogP contribution < -0.4 is 20.1 Å². The number of carbonyl (C=O) groups excluding carboxylic acids is 1. The maximum atomic E-state index is 13.0. The van der Waals surface area contributed by atoms with Crippen molar-refractivity contribution in [2.45, 2.75) is 13.3 Å². The van der Waals surface area contributed by atoms with Gasteiger partial charge in [0.2, 0.25) is 5.13 Å². The van der Waals surface area contributed by atoms with E-state index in [1.54, 1.807) is 12.1 Å². The Kier molecular flexibility index (Phi) is 6.59. The van der Waals surface area contributed by atoms with Crippen LogP contribution in [-0.4, -0.2) is 52.9 Å². The number of anilines is 1. The van der Waals surface area contributed by atoms with E-state index in [4.69, 9.17) is 21.1 Å². The van der Waals surface area contributed by atoms with Gasteiger partial charge in [-0.2, -0.15) is 0 Å². The van der Waals surface area contributed by atoms with Crippen molar-refractivity contribution in [1.82, 2.24) is 25.5 Å². The zero-order valence-corrected chi connectivity index (χ0v) is 18.6. The van der Waals surface area contributed by atoms with Gasteiger partial charge in [0.15, 0.2) is 0 Å². The van der Waals surface area contributed by atoms with Crippen LogP contribution in [0.1, 0.15) is 22.5 Å². The summed E-state index contributed by atoms with van der Waals surface area (Å²) in [5.41, 5.74) is 2.36. The summed E-state index contributed by atoms with van der Waals surface area (Å²) in [5, 5.41) is 15.1. The van der Waals surface area contributed by atoms with Crippen LogP contribution in [0.3, 0.4) is 0 Å². The van der Waals surface area contributed by atoms with E-state index in [1.165, 1.54) is 30.8 Å². The molecule has 0 saturated carbocycles. The van der Waals surface area contributed by atoms with E-state index in [0.29, 0.717) is 50.4 Å². The molecule has 0 aliphatic carbocycles. The predicted octanol–water partition coefficient (Wildman–Crippen LogP) is 3.21. The highest BCUT2D eigenvalue weighted by atomic mass is 35.5. The van der Waals surface area contributed by atoms with Crippen LogP contribution in [0.2, 0.25) is 5.15 Å². The first-order chi connectivity index (χ1) is 15.0. The third-order valence-electron chi connectivity index (χ3n) is 4.86. The molecule has 1 saturated heterocycles. The van der Waals surface area contributed by atoms with Gasteiger partial charge < -0.3 is 14.8 Å². The Hall–Kier alpha value is -2.82. The molecule has 1 aliphatic heterocycles. The second-order valence-electron chi connectivity index (χ2n) is 7.08. The van der Waals surface area contributed by atoms with Crippen LogP contribution >= 0.6 is 22.9 Å². The highest BCUT2D eigenvalue weighted by molar-refractivity contribution is 7.17. The Morgan fingerprint density at radius 3 is 2.94 bits per heavy atom. The minimum Gasteiger partial charge on any atom is -0.494 e. The lowest BCUT2D eigenvalue weighted by Crippen LogP contribution is -2.15. The summed E-state index contributed by atoms with van der Waals surface area (Å²) >= 11 is 7.27. The van der Waals surface area contributed by atoms with Crippen molar-refractivity contribution >= 4 is 34.0 Å². The van der Waals surface area contributed by atoms with E-state index in [0.717, 1.165) is 25.2 Å². The second-order valence-corrected chi connectivity index (χ2v) is 8.40. The van der Waals surface area contributed by atoms with Crippen molar-refractivity contribution < 1.29 is 14.3 Å². The van der Waals surface area contributed by atoms with Gasteiger partial charge in [-0.05, 0) is 43.4 Å². The molecule has 2 N–H and O–H groups in total. The SMILES string of the molecule is COc1cnc(Cl)cc1-c1cc(C)ncc1C(=O)Nc1nnc(OC[C@@H]2CCNC2)s1. The molecular weight excluding hydrogens is 440 g/mol. The molecule has 0 unspecified atom stereocenters. The van der Waals surface area contributed by atoms with Crippen LogP contribution in [0.15, 0.2) is 24.5 Å². The quantitative estimate of drug-likeness (QED) is 0.517. The van der Waals surface area contributed by atoms with Crippen LogP contribution in [0.5, 0.6) is 10.9 Å². The van der Waals surface area contributed by atoms with E-state index in [2.05, 4.69) is 30.8 Å². The Balaban J connectivity index is 1.54. The number of amides is 1. The van der Waals surface area contributed by atoms with E-state index < -0.39 is 0 Å². The zero-order chi connectivity index (χ0) is 21.8. The molecule has 1 amide bonds. The van der Waals surface area contributed by atoms with Crippen LogP contribution in [0.4, 0.5) is 5.13 Å². The Morgan fingerprint density at radius 2 is 2.16 bits per heavy atom. The number of rotatable bonds is 7. The first kappa shape index (κ1) is 21.4. The minimum atomic E-state index is -0.375. The Labute approximate surface area is 188 Å². The van der Waals surface area contributed by atoms with Crippen LogP contribution in [0, 0.1) is 12.8 Å². The molecule has 1 fully saturated rings. The second kappa shape index (κ2) is 9.54. The number of aromatic nitrogens is 4. The van der Waals surface area contributed by atoms with Crippen molar-refractivity contribution in [3.05, 3.63) is 40.9 Å². The summed E-state index contributed by atoms with van der Waals surface area (Å²) in [5.74, 6) is 0.586. The van der Waals surface area contributed by atoms with E-state index in [9.17, 15) is 4.79 Å². The lowest BCUT2D eigenvalue weighted by atomic mass is 10.0. The third kappa shape index (κ3) is 5.09. The monoisotopic (exact) mass is 460 g/mol. The molecule has 11 heteroatoms. The normalized spacial score (nSPS) is 15.6. The molecule has 0 radical (unpaired) electrons. The van der Waals surface area contributed by atoms with Crippen LogP contribution in [0.25, 0.3) is 11.1 Å². The van der Waals surface area contributed by atoms with Gasteiger partial charge >= 0.3 is 0 Å². The molecule has 3 aromatic rings. The molecule has 0 bridgehead atoms. The Bertz CT molecular complexity index is 1090. The van der Waals surface area contributed by atoms with Gasteiger partial charge in [-0.15, -0.1) is 5.10 Å². The molecule has 1 aliphatic rings. The molecule has 0 aromatic carbocycles. The topological polar surface area (TPSA) is 111 Å². The maximum absolute atomic E-state index is 13.0. The van der Waals surface area contributed by atoms with Crippen molar-refractivity contribution in [3.8, 4) is 22.1 Å². The lowest BCUT2D eigenvalue weighted by molar-refractivity contribution is 0.102. The van der Waals surface area contributed by atoms with Gasteiger partial charge in [-0.3, -0.25) is 15.1 Å². The minimum absolute atomic E-state index is 0.292. The first-order valence-electron chi connectivity index (χ1n) is 9.68. The number of carbonyl (C=O) groups is 1. The Morgan fingerprint density at radius 1 is 1.29 bits per heavy atom. The van der Waals surface area contributed by atoms with Gasteiger partial charge in [0.05, 0.1) is 25.5 Å². The van der Waals surface area contributed by atoms with Crippen molar-refractivity contribution in [2.24, 2.45) is 5.92 Å². The molecule has 4 heterocycles. The molecule has 9 nitrogen and oxygen atoms in total. The molecule has 31 heavy (non-hydrogen) atoms. The number of nitrogens with one attached hydrogen (secondary N) is 2. The van der Waals surface area contributed by atoms with E-state index >= 15 is 0 Å². The predicted molar refractivity (Wildman–Crippen MR) is 118 cm³/mol. The number of aryl methyl sites for hydroxylation is 1. The zero-order valence-electron chi connectivity index (χ0n) is 17.0. The van der Waals surface area contributed by atoms with E-state index in [-0.39, 0.29) is 5.91 Å². The fourth-order valence-electron chi connectivity index (χ4n) is 3.28. The summed E-state index contributed by atoms with van der Waals surface area (Å²) in [6.07, 6.45) is 4.11. The summed E-state index contributed by atoms with van der Waals surface area (Å²) in [6.45, 7) is 4.36. The van der Waals surface area contributed by atoms with Crippen molar-refractivity contribution in [3.63, 3.8) is 0 Å². The largest absolute Gasteiger partial charge is 0.494 e. The molecule has 1 atom stereocenters. The number of ether oxygens (including phenoxy) is 2. The standard InChI is InChI=1S/C20H21ClN6O3S/c1-11-5-13(14-6-17(21)24-9-16(14)29-2)15(8-23-11)18(28)25-19-26-27-20(31-19)30-10-12-3-4-22-7-12/h5-6,8-9,12,22H,3-4,7,10H2,1-2H3,(H,25,26,28)/t12-/m1/s1. The molecular formula is C20H21ClN6O3S. The average molecular weight is 461 g/mol. The number of pyridine rings is 2. The number of halogens is 1. The summed E-state index contributed by atoms with van der Waals surface area (Å²) in [4.78, 5) is 21.3. The molecule has 162 valence electrons. The van der Waals surface area contributed by atoms with Gasteiger partial charge in [0, 0.05) is 35.5 Å². The van der Waals surface area contributed by atoms with Crippen molar-refractivity contribution in [1.29, 1.82) is 0 Å². The van der Waals surface area contributed by atoms with Gasteiger partial charge in [-0.1, -0.05) is 16.7 Å². The van der Waals surface area contributed by atoms with Gasteiger partial charge in [0.1, 0.15) is 10.9 Å².